The first kappa shape index (κ1) is 14.4. The molecule has 1 heterocycles. The summed E-state index contributed by atoms with van der Waals surface area (Å²) in [6.07, 6.45) is 9.16. The molecule has 3 rings (SSSR count). The van der Waals surface area contributed by atoms with Crippen LogP contribution in [0, 0.1) is 5.92 Å². The zero-order chi connectivity index (χ0) is 13.9. The molecule has 1 saturated carbocycles. The van der Waals surface area contributed by atoms with Crippen molar-refractivity contribution in [1.29, 1.82) is 0 Å². The topological polar surface area (TPSA) is 29.3 Å². The highest BCUT2D eigenvalue weighted by Crippen LogP contribution is 2.40. The summed E-state index contributed by atoms with van der Waals surface area (Å²) in [6.45, 7) is 1.98. The maximum atomic E-state index is 6.13. The van der Waals surface area contributed by atoms with Gasteiger partial charge in [-0.15, -0.1) is 11.8 Å². The number of benzene rings is 1. The van der Waals surface area contributed by atoms with Gasteiger partial charge in [-0.2, -0.15) is 0 Å². The lowest BCUT2D eigenvalue weighted by Gasteiger charge is -2.37. The monoisotopic (exact) mass is 290 g/mol. The Morgan fingerprint density at radius 3 is 2.65 bits per heavy atom. The average Bonchev–Trinajstić information content (AvgIpc) is 2.93. The fourth-order valence-corrected chi connectivity index (χ4v) is 4.53. The molecule has 1 aliphatic heterocycles. The Morgan fingerprint density at radius 2 is 1.95 bits per heavy atom. The van der Waals surface area contributed by atoms with Crippen LogP contribution in [0.1, 0.15) is 43.7 Å². The second-order valence-corrected chi connectivity index (χ2v) is 7.04. The maximum absolute atomic E-state index is 6.13. The minimum atomic E-state index is 0.416. The molecule has 0 amide bonds. The molecule has 110 valence electrons. The summed E-state index contributed by atoms with van der Waals surface area (Å²) in [4.78, 5) is 4.04. The van der Waals surface area contributed by atoms with Crippen molar-refractivity contribution in [2.45, 2.75) is 49.1 Å². The van der Waals surface area contributed by atoms with Gasteiger partial charge in [0.05, 0.1) is 0 Å². The zero-order valence-corrected chi connectivity index (χ0v) is 13.2. The number of nitrogens with two attached hydrogens (primary N) is 1. The summed E-state index contributed by atoms with van der Waals surface area (Å²) in [5.41, 5.74) is 7.53. The Balaban J connectivity index is 1.78. The van der Waals surface area contributed by atoms with Crippen LogP contribution < -0.4 is 5.73 Å². The summed E-state index contributed by atoms with van der Waals surface area (Å²) in [5, 5.41) is 0. The molecule has 3 heteroatoms. The van der Waals surface area contributed by atoms with E-state index in [9.17, 15) is 0 Å². The summed E-state index contributed by atoms with van der Waals surface area (Å²) < 4.78 is 0. The van der Waals surface area contributed by atoms with Crippen LogP contribution in [-0.2, 0) is 0 Å². The van der Waals surface area contributed by atoms with Gasteiger partial charge in [-0.05, 0) is 55.7 Å². The van der Waals surface area contributed by atoms with Gasteiger partial charge >= 0.3 is 0 Å². The third-order valence-electron chi connectivity index (χ3n) is 5.18. The SMILES string of the molecule is CSc1ccc(C(CN)N2CCC3CCCCC32)cc1. The molecular formula is C17H26N2S. The predicted molar refractivity (Wildman–Crippen MR) is 87.1 cm³/mol. The molecule has 1 aliphatic carbocycles. The van der Waals surface area contributed by atoms with Crippen LogP contribution in [0.3, 0.4) is 0 Å². The number of rotatable bonds is 4. The normalized spacial score (nSPS) is 28.3. The summed E-state index contributed by atoms with van der Waals surface area (Å²) in [5.74, 6) is 0.934. The highest BCUT2D eigenvalue weighted by atomic mass is 32.2. The Hall–Kier alpha value is -0.510. The molecule has 1 saturated heterocycles. The van der Waals surface area contributed by atoms with Crippen LogP contribution >= 0.6 is 11.8 Å². The average molecular weight is 290 g/mol. The van der Waals surface area contributed by atoms with Crippen molar-refractivity contribution in [3.63, 3.8) is 0 Å². The van der Waals surface area contributed by atoms with E-state index >= 15 is 0 Å². The first-order chi connectivity index (χ1) is 9.83. The van der Waals surface area contributed by atoms with Gasteiger partial charge in [-0.25, -0.2) is 0 Å². The highest BCUT2D eigenvalue weighted by Gasteiger charge is 2.38. The molecule has 0 radical (unpaired) electrons. The van der Waals surface area contributed by atoms with E-state index < -0.39 is 0 Å². The fraction of sp³-hybridized carbons (Fsp3) is 0.647. The van der Waals surface area contributed by atoms with E-state index in [0.29, 0.717) is 6.04 Å². The second-order valence-electron chi connectivity index (χ2n) is 6.16. The lowest BCUT2D eigenvalue weighted by Crippen LogP contribution is -2.40. The summed E-state index contributed by atoms with van der Waals surface area (Å²) in [7, 11) is 0. The van der Waals surface area contributed by atoms with Crippen molar-refractivity contribution in [2.24, 2.45) is 11.7 Å². The molecular weight excluding hydrogens is 264 g/mol. The molecule has 3 atom stereocenters. The van der Waals surface area contributed by atoms with Crippen LogP contribution in [0.2, 0.25) is 0 Å². The van der Waals surface area contributed by atoms with Crippen LogP contribution in [0.15, 0.2) is 29.2 Å². The number of thioether (sulfide) groups is 1. The molecule has 2 fully saturated rings. The van der Waals surface area contributed by atoms with Crippen molar-refractivity contribution in [1.82, 2.24) is 4.90 Å². The lowest BCUT2D eigenvalue weighted by molar-refractivity contribution is 0.135. The summed E-state index contributed by atoms with van der Waals surface area (Å²) >= 11 is 1.80. The summed E-state index contributed by atoms with van der Waals surface area (Å²) in [6, 6.07) is 10.2. The molecule has 2 aliphatic rings. The van der Waals surface area contributed by atoms with E-state index in [4.69, 9.17) is 5.73 Å². The van der Waals surface area contributed by atoms with Gasteiger partial charge in [0.25, 0.3) is 0 Å². The lowest BCUT2D eigenvalue weighted by atomic mass is 9.84. The Kier molecular flexibility index (Phi) is 4.69. The highest BCUT2D eigenvalue weighted by molar-refractivity contribution is 7.98. The molecule has 1 aromatic rings. The van der Waals surface area contributed by atoms with Crippen LogP contribution in [0.5, 0.6) is 0 Å². The van der Waals surface area contributed by atoms with E-state index in [1.165, 1.54) is 49.1 Å². The van der Waals surface area contributed by atoms with E-state index in [2.05, 4.69) is 35.4 Å². The van der Waals surface area contributed by atoms with Gasteiger partial charge in [0, 0.05) is 23.5 Å². The van der Waals surface area contributed by atoms with Crippen molar-refractivity contribution in [2.75, 3.05) is 19.3 Å². The standard InChI is InChI=1S/C17H26N2S/c1-20-15-8-6-14(7-9-15)17(12-18)19-11-10-13-4-2-3-5-16(13)19/h6-9,13,16-17H,2-5,10-12,18H2,1H3. The minimum absolute atomic E-state index is 0.416. The molecule has 3 unspecified atom stereocenters. The maximum Gasteiger partial charge on any atom is 0.0473 e. The number of nitrogens with zero attached hydrogens (tertiary/aromatic N) is 1. The van der Waals surface area contributed by atoms with E-state index in [1.54, 1.807) is 11.8 Å². The molecule has 1 aromatic carbocycles. The largest absolute Gasteiger partial charge is 0.329 e. The Bertz CT molecular complexity index is 431. The van der Waals surface area contributed by atoms with Gasteiger partial charge < -0.3 is 5.73 Å². The molecule has 20 heavy (non-hydrogen) atoms. The van der Waals surface area contributed by atoms with Crippen LogP contribution in [0.25, 0.3) is 0 Å². The van der Waals surface area contributed by atoms with Crippen molar-refractivity contribution >= 4 is 11.8 Å². The predicted octanol–water partition coefficient (Wildman–Crippen LogP) is 3.67. The van der Waals surface area contributed by atoms with Crippen molar-refractivity contribution in [3.8, 4) is 0 Å². The third-order valence-corrected chi connectivity index (χ3v) is 5.92. The van der Waals surface area contributed by atoms with Crippen molar-refractivity contribution < 1.29 is 0 Å². The van der Waals surface area contributed by atoms with Gasteiger partial charge in [0.15, 0.2) is 0 Å². The second kappa shape index (κ2) is 6.50. The van der Waals surface area contributed by atoms with E-state index in [1.807, 2.05) is 0 Å². The first-order valence-electron chi connectivity index (χ1n) is 7.93. The zero-order valence-electron chi connectivity index (χ0n) is 12.4. The minimum Gasteiger partial charge on any atom is -0.329 e. The fourth-order valence-electron chi connectivity index (χ4n) is 4.12. The van der Waals surface area contributed by atoms with Crippen LogP contribution in [-0.4, -0.2) is 30.3 Å². The number of fused-ring (bicyclic) bond motifs is 1. The Morgan fingerprint density at radius 1 is 1.20 bits per heavy atom. The van der Waals surface area contributed by atoms with Gasteiger partial charge in [-0.1, -0.05) is 25.0 Å². The van der Waals surface area contributed by atoms with Gasteiger partial charge in [-0.3, -0.25) is 4.90 Å². The van der Waals surface area contributed by atoms with Gasteiger partial charge in [0.1, 0.15) is 0 Å². The van der Waals surface area contributed by atoms with E-state index in [0.717, 1.165) is 18.5 Å². The number of hydrogen-bond donors (Lipinski definition) is 1. The Labute approximate surface area is 127 Å². The number of likely N-dealkylation sites (tertiary alicyclic amines) is 1. The van der Waals surface area contributed by atoms with Crippen molar-refractivity contribution in [3.05, 3.63) is 29.8 Å². The first-order valence-corrected chi connectivity index (χ1v) is 9.15. The quantitative estimate of drug-likeness (QED) is 0.858. The van der Waals surface area contributed by atoms with Crippen LogP contribution in [0.4, 0.5) is 0 Å². The van der Waals surface area contributed by atoms with E-state index in [-0.39, 0.29) is 0 Å². The smallest absolute Gasteiger partial charge is 0.0473 e. The van der Waals surface area contributed by atoms with Gasteiger partial charge in [0.2, 0.25) is 0 Å². The molecule has 2 N–H and O–H groups in total. The molecule has 2 nitrogen and oxygen atoms in total. The molecule has 0 bridgehead atoms. The third kappa shape index (κ3) is 2.76. The molecule has 0 aromatic heterocycles. The number of hydrogen-bond acceptors (Lipinski definition) is 3. The molecule has 0 spiro atoms.